The Balaban J connectivity index is 1.52. The molecule has 24 heavy (non-hydrogen) atoms. The van der Waals surface area contributed by atoms with E-state index in [4.69, 9.17) is 0 Å². The summed E-state index contributed by atoms with van der Waals surface area (Å²) in [5.74, 6) is 0.298. The summed E-state index contributed by atoms with van der Waals surface area (Å²) in [6, 6.07) is 14.1. The third-order valence-electron chi connectivity index (χ3n) is 5.26. The molecular formula is C20H21FN2O. The molecule has 124 valence electrons. The number of fused-ring (bicyclic) bond motifs is 3. The number of carbonyl (C=O) groups excluding carboxylic acids is 1. The molecule has 3 fully saturated rings. The average Bonchev–Trinajstić information content (AvgIpc) is 2.63. The summed E-state index contributed by atoms with van der Waals surface area (Å²) in [5.41, 5.74) is 2.27. The van der Waals surface area contributed by atoms with Gasteiger partial charge in [-0.3, -0.25) is 4.79 Å². The molecule has 5 rings (SSSR count). The summed E-state index contributed by atoms with van der Waals surface area (Å²) in [4.78, 5) is 15.1. The summed E-state index contributed by atoms with van der Waals surface area (Å²) in [7, 11) is 0. The second-order valence-electron chi connectivity index (χ2n) is 6.81. The number of rotatable bonds is 3. The number of piperidine rings is 3. The van der Waals surface area contributed by atoms with Crippen molar-refractivity contribution in [3.63, 3.8) is 0 Å². The van der Waals surface area contributed by atoms with Crippen molar-refractivity contribution in [3.05, 3.63) is 59.9 Å². The highest BCUT2D eigenvalue weighted by molar-refractivity contribution is 5.95. The van der Waals surface area contributed by atoms with E-state index in [1.807, 2.05) is 30.3 Å². The van der Waals surface area contributed by atoms with Crippen LogP contribution in [0.5, 0.6) is 0 Å². The Morgan fingerprint density at radius 3 is 2.42 bits per heavy atom. The Morgan fingerprint density at radius 1 is 1.04 bits per heavy atom. The molecule has 1 atom stereocenters. The molecule has 3 aliphatic heterocycles. The first-order chi connectivity index (χ1) is 11.7. The van der Waals surface area contributed by atoms with Gasteiger partial charge in [-0.25, -0.2) is 4.39 Å². The predicted molar refractivity (Wildman–Crippen MR) is 92.3 cm³/mol. The summed E-state index contributed by atoms with van der Waals surface area (Å²) >= 11 is 0. The Morgan fingerprint density at radius 2 is 1.75 bits per heavy atom. The lowest BCUT2D eigenvalue weighted by molar-refractivity contribution is 0.0620. The monoisotopic (exact) mass is 324 g/mol. The first kappa shape index (κ1) is 15.3. The topological polar surface area (TPSA) is 32.3 Å². The molecule has 3 heterocycles. The van der Waals surface area contributed by atoms with E-state index >= 15 is 0 Å². The highest BCUT2D eigenvalue weighted by Gasteiger charge is 2.34. The summed E-state index contributed by atoms with van der Waals surface area (Å²) in [6.07, 6.45) is 2.35. The van der Waals surface area contributed by atoms with Crippen LogP contribution in [-0.4, -0.2) is 36.5 Å². The molecule has 0 aliphatic carbocycles. The number of hydrogen-bond acceptors (Lipinski definition) is 2. The van der Waals surface area contributed by atoms with Gasteiger partial charge in [0.05, 0.1) is 0 Å². The van der Waals surface area contributed by atoms with Crippen LogP contribution in [0.4, 0.5) is 4.39 Å². The molecule has 4 heteroatoms. The molecule has 3 saturated heterocycles. The maximum atomic E-state index is 13.4. The van der Waals surface area contributed by atoms with Crippen LogP contribution < -0.4 is 5.32 Å². The molecule has 0 radical (unpaired) electrons. The van der Waals surface area contributed by atoms with Gasteiger partial charge in [0.25, 0.3) is 5.91 Å². The lowest BCUT2D eigenvalue weighted by atomic mass is 9.84. The number of benzene rings is 2. The lowest BCUT2D eigenvalue weighted by Gasteiger charge is -2.44. The van der Waals surface area contributed by atoms with Crippen molar-refractivity contribution < 1.29 is 9.18 Å². The SMILES string of the molecule is O=C(N[C@H]1CN2CCC1CC2)c1cccc(-c2cccc(F)c2)c1. The number of carbonyl (C=O) groups is 1. The van der Waals surface area contributed by atoms with Gasteiger partial charge in [-0.15, -0.1) is 0 Å². The van der Waals surface area contributed by atoms with E-state index in [1.165, 1.54) is 25.0 Å². The quantitative estimate of drug-likeness (QED) is 0.939. The van der Waals surface area contributed by atoms with Crippen molar-refractivity contribution in [1.82, 2.24) is 10.2 Å². The van der Waals surface area contributed by atoms with E-state index in [0.29, 0.717) is 11.5 Å². The molecule has 0 aromatic heterocycles. The van der Waals surface area contributed by atoms with Crippen molar-refractivity contribution in [2.75, 3.05) is 19.6 Å². The third-order valence-corrected chi connectivity index (χ3v) is 5.26. The number of nitrogens with zero attached hydrogens (tertiary/aromatic N) is 1. The zero-order valence-electron chi connectivity index (χ0n) is 13.5. The standard InChI is InChI=1S/C20H21FN2O/c21-18-6-2-4-16(12-18)15-3-1-5-17(11-15)20(24)22-19-13-23-9-7-14(19)8-10-23/h1-6,11-12,14,19H,7-10,13H2,(H,22,24)/t19-/m0/s1. The van der Waals surface area contributed by atoms with Gasteiger partial charge in [-0.1, -0.05) is 24.3 Å². The lowest BCUT2D eigenvalue weighted by Crippen LogP contribution is -2.57. The van der Waals surface area contributed by atoms with Gasteiger partial charge in [0.15, 0.2) is 0 Å². The van der Waals surface area contributed by atoms with Crippen molar-refractivity contribution in [3.8, 4) is 11.1 Å². The van der Waals surface area contributed by atoms with Crippen LogP contribution >= 0.6 is 0 Å². The zero-order valence-corrected chi connectivity index (χ0v) is 13.5. The van der Waals surface area contributed by atoms with Gasteiger partial charge in [-0.05, 0) is 67.2 Å². The number of nitrogens with one attached hydrogen (secondary N) is 1. The smallest absolute Gasteiger partial charge is 0.251 e. The van der Waals surface area contributed by atoms with Gasteiger partial charge < -0.3 is 10.2 Å². The van der Waals surface area contributed by atoms with Gasteiger partial charge >= 0.3 is 0 Å². The Labute approximate surface area is 141 Å². The van der Waals surface area contributed by atoms with Crippen LogP contribution in [0.15, 0.2) is 48.5 Å². The fourth-order valence-electron chi connectivity index (χ4n) is 3.89. The molecule has 0 unspecified atom stereocenters. The minimum absolute atomic E-state index is 0.0352. The maximum absolute atomic E-state index is 13.4. The van der Waals surface area contributed by atoms with E-state index in [0.717, 1.165) is 30.8 Å². The number of halogens is 1. The van der Waals surface area contributed by atoms with E-state index in [-0.39, 0.29) is 17.8 Å². The van der Waals surface area contributed by atoms with Crippen LogP contribution in [0.25, 0.3) is 11.1 Å². The van der Waals surface area contributed by atoms with E-state index in [2.05, 4.69) is 10.2 Å². The molecular weight excluding hydrogens is 303 g/mol. The second-order valence-corrected chi connectivity index (χ2v) is 6.81. The normalized spacial score (nSPS) is 25.5. The van der Waals surface area contributed by atoms with Crippen LogP contribution in [0.2, 0.25) is 0 Å². The van der Waals surface area contributed by atoms with Crippen molar-refractivity contribution >= 4 is 5.91 Å². The fourth-order valence-corrected chi connectivity index (χ4v) is 3.89. The van der Waals surface area contributed by atoms with Crippen molar-refractivity contribution in [2.45, 2.75) is 18.9 Å². The molecule has 1 N–H and O–H groups in total. The molecule has 0 spiro atoms. The highest BCUT2D eigenvalue weighted by atomic mass is 19.1. The zero-order chi connectivity index (χ0) is 16.5. The molecule has 3 aliphatic rings. The largest absolute Gasteiger partial charge is 0.348 e. The van der Waals surface area contributed by atoms with Gasteiger partial charge in [0.2, 0.25) is 0 Å². The van der Waals surface area contributed by atoms with Crippen LogP contribution in [0, 0.1) is 11.7 Å². The first-order valence-corrected chi connectivity index (χ1v) is 8.58. The Kier molecular flexibility index (Phi) is 4.07. The van der Waals surface area contributed by atoms with Gasteiger partial charge in [-0.2, -0.15) is 0 Å². The maximum Gasteiger partial charge on any atom is 0.251 e. The van der Waals surface area contributed by atoms with Crippen molar-refractivity contribution in [1.29, 1.82) is 0 Å². The summed E-state index contributed by atoms with van der Waals surface area (Å²) < 4.78 is 13.4. The molecule has 2 bridgehead atoms. The van der Waals surface area contributed by atoms with Crippen molar-refractivity contribution in [2.24, 2.45) is 5.92 Å². The molecule has 2 aromatic carbocycles. The number of hydrogen-bond donors (Lipinski definition) is 1. The van der Waals surface area contributed by atoms with Crippen LogP contribution in [0.3, 0.4) is 0 Å². The average molecular weight is 324 g/mol. The minimum atomic E-state index is -0.269. The summed E-state index contributed by atoms with van der Waals surface area (Å²) in [5, 5.41) is 3.20. The molecule has 3 nitrogen and oxygen atoms in total. The summed E-state index contributed by atoms with van der Waals surface area (Å²) in [6.45, 7) is 3.28. The molecule has 0 saturated carbocycles. The van der Waals surface area contributed by atoms with E-state index in [9.17, 15) is 9.18 Å². The Bertz CT molecular complexity index is 753. The molecule has 1 amide bonds. The fraction of sp³-hybridized carbons (Fsp3) is 0.350. The van der Waals surface area contributed by atoms with Gasteiger partial charge in [0, 0.05) is 18.2 Å². The number of amides is 1. The second kappa shape index (κ2) is 6.36. The predicted octanol–water partition coefficient (Wildman–Crippen LogP) is 3.32. The third kappa shape index (κ3) is 3.06. The van der Waals surface area contributed by atoms with E-state index < -0.39 is 0 Å². The van der Waals surface area contributed by atoms with E-state index in [1.54, 1.807) is 6.07 Å². The molecule has 2 aromatic rings. The Hall–Kier alpha value is -2.20. The minimum Gasteiger partial charge on any atom is -0.348 e. The van der Waals surface area contributed by atoms with Gasteiger partial charge in [0.1, 0.15) is 5.82 Å². The highest BCUT2D eigenvalue weighted by Crippen LogP contribution is 2.28. The van der Waals surface area contributed by atoms with Crippen LogP contribution in [0.1, 0.15) is 23.2 Å². The van der Waals surface area contributed by atoms with Crippen LogP contribution in [-0.2, 0) is 0 Å². The first-order valence-electron chi connectivity index (χ1n) is 8.58.